The van der Waals surface area contributed by atoms with Crippen LogP contribution in [0.15, 0.2) is 24.4 Å². The van der Waals surface area contributed by atoms with Crippen molar-refractivity contribution in [3.05, 3.63) is 45.6 Å². The second-order valence-corrected chi connectivity index (χ2v) is 11.3. The number of hydrogen-bond acceptors (Lipinski definition) is 7. The Morgan fingerprint density at radius 3 is 2.49 bits per heavy atom. The second kappa shape index (κ2) is 15.8. The quantitative estimate of drug-likeness (QED) is 0.124. The first kappa shape index (κ1) is 32.5. The Labute approximate surface area is 232 Å². The molecule has 10 nitrogen and oxygen atoms in total. The van der Waals surface area contributed by atoms with Crippen LogP contribution in [0, 0.1) is 33.8 Å². The van der Waals surface area contributed by atoms with Gasteiger partial charge < -0.3 is 30.7 Å². The van der Waals surface area contributed by atoms with Gasteiger partial charge in [0, 0.05) is 49.3 Å². The fraction of sp³-hybridized carbons (Fsp3) is 0.690. The van der Waals surface area contributed by atoms with Crippen LogP contribution in [-0.2, 0) is 20.8 Å². The number of aliphatic hydroxyl groups is 1. The van der Waals surface area contributed by atoms with E-state index in [2.05, 4.69) is 60.3 Å². The number of hydrogen-bond donors (Lipinski definition) is 4. The van der Waals surface area contributed by atoms with Gasteiger partial charge in [-0.15, -0.1) is 10.1 Å². The van der Waals surface area contributed by atoms with Crippen molar-refractivity contribution in [1.82, 2.24) is 10.3 Å². The number of rotatable bonds is 18. The third-order valence-corrected chi connectivity index (χ3v) is 7.88. The lowest BCUT2D eigenvalue weighted by molar-refractivity contribution is -0.757. The number of carbonyl (C=O) groups is 1. The summed E-state index contributed by atoms with van der Waals surface area (Å²) in [5, 5.41) is 24.3. The van der Waals surface area contributed by atoms with E-state index < -0.39 is 23.2 Å². The fourth-order valence-corrected chi connectivity index (χ4v) is 5.41. The van der Waals surface area contributed by atoms with Crippen LogP contribution in [0.1, 0.15) is 70.9 Å². The maximum Gasteiger partial charge on any atom is 0.294 e. The number of carbonyl (C=O) groups excluding carboxylic acids is 1. The Kier molecular flexibility index (Phi) is 13.2. The van der Waals surface area contributed by atoms with E-state index in [9.17, 15) is 20.0 Å². The van der Waals surface area contributed by atoms with E-state index in [1.165, 1.54) is 16.5 Å². The van der Waals surface area contributed by atoms with Crippen molar-refractivity contribution in [2.45, 2.75) is 78.4 Å². The predicted octanol–water partition coefficient (Wildman–Crippen LogP) is 4.19. The van der Waals surface area contributed by atoms with E-state index in [-0.39, 0.29) is 43.2 Å². The third kappa shape index (κ3) is 9.77. The molecule has 220 valence electrons. The van der Waals surface area contributed by atoms with E-state index in [4.69, 9.17) is 10.5 Å². The Hall–Kier alpha value is -2.69. The zero-order chi connectivity index (χ0) is 29.1. The van der Waals surface area contributed by atoms with Crippen LogP contribution in [0.4, 0.5) is 0 Å². The minimum Gasteiger partial charge on any atom is -0.391 e. The van der Waals surface area contributed by atoms with E-state index in [0.29, 0.717) is 12.3 Å². The average Bonchev–Trinajstić information content (AvgIpc) is 3.29. The van der Waals surface area contributed by atoms with Crippen molar-refractivity contribution < 1.29 is 24.6 Å². The molecular formula is C29H48N4O6. The lowest BCUT2D eigenvalue weighted by atomic mass is 9.75. The van der Waals surface area contributed by atoms with Gasteiger partial charge in [-0.25, -0.2) is 0 Å². The highest BCUT2D eigenvalue weighted by Gasteiger charge is 2.31. The van der Waals surface area contributed by atoms with Gasteiger partial charge in [0.25, 0.3) is 5.09 Å². The number of aliphatic hydroxyl groups excluding tert-OH is 1. The van der Waals surface area contributed by atoms with Crippen molar-refractivity contribution in [3.63, 3.8) is 0 Å². The number of H-pyrrole nitrogens is 1. The first-order valence-corrected chi connectivity index (χ1v) is 14.0. The van der Waals surface area contributed by atoms with Crippen molar-refractivity contribution in [2.75, 3.05) is 26.9 Å². The lowest BCUT2D eigenvalue weighted by Crippen LogP contribution is -2.43. The number of aryl methyl sites for hydroxylation is 1. The van der Waals surface area contributed by atoms with Crippen LogP contribution in [-0.4, -0.2) is 60.1 Å². The molecule has 0 aliphatic heterocycles. The smallest absolute Gasteiger partial charge is 0.294 e. The average molecular weight is 549 g/mol. The maximum atomic E-state index is 12.7. The molecule has 0 spiro atoms. The minimum absolute atomic E-state index is 0.0255. The summed E-state index contributed by atoms with van der Waals surface area (Å²) in [5.41, 5.74) is 10.2. The number of aromatic nitrogens is 1. The SMILES string of the molecule is COCCCc1c[nH]c2ccc(C(C)[C@@H](C[C@H](N)[C@@H](O)C[C@H](C(=O)NCCO[N+](=O)[O-])C(C)C)C(C)C)cc12. The topological polar surface area (TPSA) is 153 Å². The fourth-order valence-electron chi connectivity index (χ4n) is 5.41. The van der Waals surface area contributed by atoms with Crippen molar-refractivity contribution in [2.24, 2.45) is 29.4 Å². The maximum absolute atomic E-state index is 12.7. The Balaban J connectivity index is 2.08. The Morgan fingerprint density at radius 2 is 1.87 bits per heavy atom. The van der Waals surface area contributed by atoms with Gasteiger partial charge in [-0.05, 0) is 72.6 Å². The number of methoxy groups -OCH3 is 1. The standard InChI is InChI=1S/C29H48N4O6/c1-18(2)23(20(5)21-9-10-27-25(14-21)22(17-32-27)8-7-12-38-6)15-26(30)28(34)16-24(19(3)4)29(35)31-11-13-39-33(36)37/h9-10,14,17-20,23-24,26,28,32,34H,7-8,11-13,15-16,30H2,1-6H3,(H,31,35)/t20?,23-,24-,26-,28-/m0/s1. The van der Waals surface area contributed by atoms with E-state index in [1.807, 2.05) is 13.8 Å². The van der Waals surface area contributed by atoms with Gasteiger partial charge in [0.2, 0.25) is 5.91 Å². The van der Waals surface area contributed by atoms with Crippen LogP contribution < -0.4 is 11.1 Å². The highest BCUT2D eigenvalue weighted by molar-refractivity contribution is 5.84. The number of nitrogens with two attached hydrogens (primary N) is 1. The van der Waals surface area contributed by atoms with Gasteiger partial charge in [0.1, 0.15) is 6.61 Å². The Morgan fingerprint density at radius 1 is 1.15 bits per heavy atom. The number of nitrogens with zero attached hydrogens (tertiary/aromatic N) is 1. The van der Waals surface area contributed by atoms with Crippen LogP contribution in [0.5, 0.6) is 0 Å². The normalized spacial score (nSPS) is 15.7. The molecule has 5 N–H and O–H groups in total. The van der Waals surface area contributed by atoms with Crippen molar-refractivity contribution >= 4 is 16.8 Å². The Bertz CT molecular complexity index is 1040. The molecule has 1 heterocycles. The number of ether oxygens (including phenoxy) is 1. The number of aromatic amines is 1. The van der Waals surface area contributed by atoms with E-state index >= 15 is 0 Å². The molecule has 0 aliphatic rings. The predicted molar refractivity (Wildman–Crippen MR) is 153 cm³/mol. The summed E-state index contributed by atoms with van der Waals surface area (Å²) in [7, 11) is 1.72. The van der Waals surface area contributed by atoms with Crippen molar-refractivity contribution in [3.8, 4) is 0 Å². The molecule has 0 aliphatic carbocycles. The summed E-state index contributed by atoms with van der Waals surface area (Å²) >= 11 is 0. The molecule has 0 saturated heterocycles. The molecule has 10 heteroatoms. The molecule has 0 bridgehead atoms. The third-order valence-electron chi connectivity index (χ3n) is 7.88. The number of benzene rings is 1. The molecule has 39 heavy (non-hydrogen) atoms. The summed E-state index contributed by atoms with van der Waals surface area (Å²) in [6.45, 7) is 10.9. The van der Waals surface area contributed by atoms with E-state index in [1.54, 1.807) is 7.11 Å². The van der Waals surface area contributed by atoms with Gasteiger partial charge in [-0.1, -0.05) is 40.7 Å². The molecule has 1 aromatic heterocycles. The highest BCUT2D eigenvalue weighted by atomic mass is 16.9. The molecule has 1 aromatic carbocycles. The minimum atomic E-state index is -0.890. The first-order chi connectivity index (χ1) is 18.5. The lowest BCUT2D eigenvalue weighted by Gasteiger charge is -2.33. The summed E-state index contributed by atoms with van der Waals surface area (Å²) in [6, 6.07) is 6.09. The highest BCUT2D eigenvalue weighted by Crippen LogP contribution is 2.36. The number of fused-ring (bicyclic) bond motifs is 1. The zero-order valence-electron chi connectivity index (χ0n) is 24.3. The summed E-state index contributed by atoms with van der Waals surface area (Å²) < 4.78 is 5.22. The molecule has 5 atom stereocenters. The summed E-state index contributed by atoms with van der Waals surface area (Å²) in [6.07, 6.45) is 3.98. The first-order valence-electron chi connectivity index (χ1n) is 14.0. The van der Waals surface area contributed by atoms with Gasteiger partial charge in [0.05, 0.1) is 6.10 Å². The molecular weight excluding hydrogens is 500 g/mol. The van der Waals surface area contributed by atoms with Crippen LogP contribution >= 0.6 is 0 Å². The zero-order valence-corrected chi connectivity index (χ0v) is 24.3. The van der Waals surface area contributed by atoms with Gasteiger partial charge in [0.15, 0.2) is 0 Å². The van der Waals surface area contributed by atoms with Gasteiger partial charge >= 0.3 is 0 Å². The second-order valence-electron chi connectivity index (χ2n) is 11.3. The van der Waals surface area contributed by atoms with Crippen molar-refractivity contribution in [1.29, 1.82) is 0 Å². The van der Waals surface area contributed by atoms with Crippen LogP contribution in [0.25, 0.3) is 10.9 Å². The summed E-state index contributed by atoms with van der Waals surface area (Å²) in [5.74, 6) is 0.0253. The molecule has 1 unspecified atom stereocenters. The molecule has 2 rings (SSSR count). The molecule has 2 aromatic rings. The number of nitrogens with one attached hydrogen (secondary N) is 2. The van der Waals surface area contributed by atoms with Gasteiger partial charge in [-0.2, -0.15) is 0 Å². The van der Waals surface area contributed by atoms with E-state index in [0.717, 1.165) is 25.0 Å². The molecule has 0 radical (unpaired) electrons. The monoisotopic (exact) mass is 548 g/mol. The van der Waals surface area contributed by atoms with Gasteiger partial charge in [-0.3, -0.25) is 4.79 Å². The molecule has 0 saturated carbocycles. The van der Waals surface area contributed by atoms with Crippen LogP contribution in [0.2, 0.25) is 0 Å². The molecule has 1 amide bonds. The summed E-state index contributed by atoms with van der Waals surface area (Å²) in [4.78, 5) is 30.6. The number of amides is 1. The molecule has 0 fully saturated rings. The van der Waals surface area contributed by atoms with Crippen LogP contribution in [0.3, 0.4) is 0 Å². The largest absolute Gasteiger partial charge is 0.391 e.